The van der Waals surface area contributed by atoms with Gasteiger partial charge in [-0.05, 0) is 31.2 Å². The molecular formula is C14H17NO4S. The Morgan fingerprint density at radius 2 is 2.10 bits per heavy atom. The number of hydrogen-bond donors (Lipinski definition) is 1. The third-order valence-corrected chi connectivity index (χ3v) is 5.11. The van der Waals surface area contributed by atoms with E-state index in [-0.39, 0.29) is 17.5 Å². The Bertz CT molecular complexity index is 613. The van der Waals surface area contributed by atoms with Crippen LogP contribution in [-0.2, 0) is 14.8 Å². The predicted molar refractivity (Wildman–Crippen MR) is 74.6 cm³/mol. The predicted octanol–water partition coefficient (Wildman–Crippen LogP) is 0.440. The average Bonchev–Trinajstić information content (AvgIpc) is 2.46. The number of ether oxygens (including phenoxy) is 1. The Kier molecular flexibility index (Phi) is 4.78. The molecule has 1 saturated heterocycles. The van der Waals surface area contributed by atoms with Crippen LogP contribution < -0.4 is 0 Å². The Morgan fingerprint density at radius 3 is 2.70 bits per heavy atom. The fourth-order valence-electron chi connectivity index (χ4n) is 2.06. The van der Waals surface area contributed by atoms with Gasteiger partial charge in [0.25, 0.3) is 0 Å². The first-order valence-corrected chi connectivity index (χ1v) is 7.79. The molecule has 5 nitrogen and oxygen atoms in total. The van der Waals surface area contributed by atoms with Crippen LogP contribution in [0.5, 0.6) is 0 Å². The van der Waals surface area contributed by atoms with E-state index in [1.54, 1.807) is 24.3 Å². The maximum absolute atomic E-state index is 12.5. The van der Waals surface area contributed by atoms with E-state index in [2.05, 4.69) is 11.8 Å². The van der Waals surface area contributed by atoms with Gasteiger partial charge in [-0.15, -0.1) is 0 Å². The van der Waals surface area contributed by atoms with Crippen molar-refractivity contribution in [3.05, 3.63) is 29.8 Å². The van der Waals surface area contributed by atoms with E-state index >= 15 is 0 Å². The summed E-state index contributed by atoms with van der Waals surface area (Å²) in [5.41, 5.74) is 0.674. The highest BCUT2D eigenvalue weighted by Gasteiger charge is 2.31. The molecule has 1 aromatic rings. The maximum Gasteiger partial charge on any atom is 0.243 e. The first-order valence-electron chi connectivity index (χ1n) is 6.35. The molecular weight excluding hydrogens is 278 g/mol. The summed E-state index contributed by atoms with van der Waals surface area (Å²) in [7, 11) is -3.49. The zero-order valence-corrected chi connectivity index (χ0v) is 12.1. The molecule has 1 atom stereocenters. The first kappa shape index (κ1) is 15.0. The molecule has 0 spiro atoms. The van der Waals surface area contributed by atoms with Gasteiger partial charge in [0.15, 0.2) is 0 Å². The van der Waals surface area contributed by atoms with Crippen LogP contribution in [0.3, 0.4) is 0 Å². The van der Waals surface area contributed by atoms with Crippen LogP contribution in [0.1, 0.15) is 12.5 Å². The second-order valence-electron chi connectivity index (χ2n) is 4.52. The van der Waals surface area contributed by atoms with Crippen molar-refractivity contribution in [1.29, 1.82) is 0 Å². The second-order valence-corrected chi connectivity index (χ2v) is 6.41. The van der Waals surface area contributed by atoms with Gasteiger partial charge in [0.2, 0.25) is 10.0 Å². The van der Waals surface area contributed by atoms with Crippen LogP contribution in [0, 0.1) is 11.8 Å². The summed E-state index contributed by atoms with van der Waals surface area (Å²) < 4.78 is 31.8. The van der Waals surface area contributed by atoms with Gasteiger partial charge in [-0.25, -0.2) is 8.42 Å². The highest BCUT2D eigenvalue weighted by atomic mass is 32.2. The Labute approximate surface area is 119 Å². The normalized spacial score (nSPS) is 20.2. The number of aliphatic hydroxyl groups excluding tert-OH is 1. The van der Waals surface area contributed by atoms with Gasteiger partial charge in [-0.1, -0.05) is 11.8 Å². The maximum atomic E-state index is 12.5. The lowest BCUT2D eigenvalue weighted by molar-refractivity contribution is 0.0393. The van der Waals surface area contributed by atoms with E-state index in [0.29, 0.717) is 25.3 Å². The van der Waals surface area contributed by atoms with E-state index < -0.39 is 10.0 Å². The lowest BCUT2D eigenvalue weighted by Crippen LogP contribution is -2.46. The SMILES string of the molecule is CC1COCCN1S(=O)(=O)c1ccc(C#CCO)cc1. The van der Waals surface area contributed by atoms with Gasteiger partial charge in [0.05, 0.1) is 18.1 Å². The highest BCUT2D eigenvalue weighted by Crippen LogP contribution is 2.20. The van der Waals surface area contributed by atoms with Crippen LogP contribution in [0.15, 0.2) is 29.2 Å². The molecule has 1 aliphatic heterocycles. The van der Waals surface area contributed by atoms with Crippen LogP contribution in [0.4, 0.5) is 0 Å². The third kappa shape index (κ3) is 3.19. The summed E-state index contributed by atoms with van der Waals surface area (Å²) in [4.78, 5) is 0.251. The largest absolute Gasteiger partial charge is 0.384 e. The fourth-order valence-corrected chi connectivity index (χ4v) is 3.66. The smallest absolute Gasteiger partial charge is 0.243 e. The summed E-state index contributed by atoms with van der Waals surface area (Å²) in [6, 6.07) is 6.20. The molecule has 1 aromatic carbocycles. The molecule has 1 N–H and O–H groups in total. The van der Waals surface area contributed by atoms with E-state index in [9.17, 15) is 8.42 Å². The molecule has 0 bridgehead atoms. The molecule has 0 aromatic heterocycles. The van der Waals surface area contributed by atoms with Crippen molar-refractivity contribution in [2.45, 2.75) is 17.9 Å². The molecule has 1 unspecified atom stereocenters. The fraction of sp³-hybridized carbons (Fsp3) is 0.429. The highest BCUT2D eigenvalue weighted by molar-refractivity contribution is 7.89. The van der Waals surface area contributed by atoms with Crippen molar-refractivity contribution in [2.75, 3.05) is 26.4 Å². The van der Waals surface area contributed by atoms with Gasteiger partial charge in [-0.2, -0.15) is 4.31 Å². The van der Waals surface area contributed by atoms with Gasteiger partial charge in [0.1, 0.15) is 6.61 Å². The number of hydrogen-bond acceptors (Lipinski definition) is 4. The molecule has 6 heteroatoms. The van der Waals surface area contributed by atoms with E-state index in [1.165, 1.54) is 4.31 Å². The van der Waals surface area contributed by atoms with Crippen LogP contribution in [0.2, 0.25) is 0 Å². The topological polar surface area (TPSA) is 66.8 Å². The van der Waals surface area contributed by atoms with Crippen molar-refractivity contribution < 1.29 is 18.3 Å². The Morgan fingerprint density at radius 1 is 1.40 bits per heavy atom. The summed E-state index contributed by atoms with van der Waals surface area (Å²) >= 11 is 0. The minimum Gasteiger partial charge on any atom is -0.384 e. The number of rotatable bonds is 2. The minimum absolute atomic E-state index is 0.164. The third-order valence-electron chi connectivity index (χ3n) is 3.08. The van der Waals surface area contributed by atoms with Crippen LogP contribution >= 0.6 is 0 Å². The van der Waals surface area contributed by atoms with E-state index in [0.717, 1.165) is 0 Å². The summed E-state index contributed by atoms with van der Waals surface area (Å²) in [5.74, 6) is 5.26. The molecule has 20 heavy (non-hydrogen) atoms. The summed E-state index contributed by atoms with van der Waals surface area (Å²) in [6.45, 7) is 2.82. The van der Waals surface area contributed by atoms with Crippen molar-refractivity contribution in [3.8, 4) is 11.8 Å². The van der Waals surface area contributed by atoms with Gasteiger partial charge in [-0.3, -0.25) is 0 Å². The zero-order chi connectivity index (χ0) is 14.6. The zero-order valence-electron chi connectivity index (χ0n) is 11.2. The number of aliphatic hydroxyl groups is 1. The minimum atomic E-state index is -3.49. The molecule has 1 fully saturated rings. The van der Waals surface area contributed by atoms with Crippen molar-refractivity contribution >= 4 is 10.0 Å². The van der Waals surface area contributed by atoms with Crippen molar-refractivity contribution in [1.82, 2.24) is 4.31 Å². The molecule has 0 amide bonds. The van der Waals surface area contributed by atoms with Gasteiger partial charge >= 0.3 is 0 Å². The summed E-state index contributed by atoms with van der Waals surface area (Å²) in [6.07, 6.45) is 0. The molecule has 0 radical (unpaired) electrons. The molecule has 2 rings (SSSR count). The molecule has 1 heterocycles. The number of benzene rings is 1. The van der Waals surface area contributed by atoms with Crippen molar-refractivity contribution in [2.24, 2.45) is 0 Å². The lowest BCUT2D eigenvalue weighted by Gasteiger charge is -2.32. The number of sulfonamides is 1. The Hall–Kier alpha value is -1.39. The molecule has 0 aliphatic carbocycles. The Balaban J connectivity index is 2.25. The van der Waals surface area contributed by atoms with Gasteiger partial charge < -0.3 is 9.84 Å². The quantitative estimate of drug-likeness (QED) is 0.804. The standard InChI is InChI=1S/C14H17NO4S/c1-12-11-19-10-8-15(12)20(17,18)14-6-4-13(5-7-14)3-2-9-16/h4-7,12,16H,8-11H2,1H3. The monoisotopic (exact) mass is 295 g/mol. The van der Waals surface area contributed by atoms with Crippen LogP contribution in [-0.4, -0.2) is 50.2 Å². The first-order chi connectivity index (χ1) is 9.55. The van der Waals surface area contributed by atoms with E-state index in [4.69, 9.17) is 9.84 Å². The van der Waals surface area contributed by atoms with E-state index in [1.807, 2.05) is 6.92 Å². The molecule has 1 aliphatic rings. The molecule has 108 valence electrons. The molecule has 0 saturated carbocycles. The lowest BCUT2D eigenvalue weighted by atomic mass is 10.2. The average molecular weight is 295 g/mol. The van der Waals surface area contributed by atoms with Crippen molar-refractivity contribution in [3.63, 3.8) is 0 Å². The number of morpholine rings is 1. The summed E-state index contributed by atoms with van der Waals surface area (Å²) in [5, 5.41) is 8.62. The van der Waals surface area contributed by atoms with Gasteiger partial charge in [0, 0.05) is 18.2 Å². The second kappa shape index (κ2) is 6.37. The van der Waals surface area contributed by atoms with Crippen LogP contribution in [0.25, 0.3) is 0 Å². The number of nitrogens with zero attached hydrogens (tertiary/aromatic N) is 1.